The number of rotatable bonds is 5. The zero-order valence-electron chi connectivity index (χ0n) is 14.2. The van der Waals surface area contributed by atoms with E-state index in [1.54, 1.807) is 34.8 Å². The number of thiazole rings is 1. The number of carbonyl (C=O) groups excluding carboxylic acids is 1. The van der Waals surface area contributed by atoms with Crippen molar-refractivity contribution < 1.29 is 4.79 Å². The van der Waals surface area contributed by atoms with Crippen LogP contribution in [-0.4, -0.2) is 50.8 Å². The molecule has 0 unspecified atom stereocenters. The molecule has 7 heteroatoms. The van der Waals surface area contributed by atoms with Crippen molar-refractivity contribution in [3.05, 3.63) is 40.4 Å². The van der Waals surface area contributed by atoms with E-state index in [4.69, 9.17) is 0 Å². The molecule has 1 aliphatic rings. The largest absolute Gasteiger partial charge is 0.340 e. The Morgan fingerprint density at radius 2 is 2.12 bits per heavy atom. The van der Waals surface area contributed by atoms with Crippen molar-refractivity contribution in [3.63, 3.8) is 0 Å². The second kappa shape index (κ2) is 7.81. The summed E-state index contributed by atoms with van der Waals surface area (Å²) in [5, 5.41) is 3.24. The first kappa shape index (κ1) is 17.0. The summed E-state index contributed by atoms with van der Waals surface area (Å²) >= 11 is 1.69. The Morgan fingerprint density at radius 1 is 1.33 bits per heavy atom. The monoisotopic (exact) mass is 345 g/mol. The average Bonchev–Trinajstić information content (AvgIpc) is 3.00. The Labute approximate surface area is 146 Å². The molecule has 128 valence electrons. The fourth-order valence-corrected chi connectivity index (χ4v) is 3.70. The van der Waals surface area contributed by atoms with Gasteiger partial charge in [-0.15, -0.1) is 11.3 Å². The van der Waals surface area contributed by atoms with E-state index in [2.05, 4.69) is 25.2 Å². The van der Waals surface area contributed by atoms with Crippen molar-refractivity contribution in [1.29, 1.82) is 0 Å². The van der Waals surface area contributed by atoms with Gasteiger partial charge in [-0.25, -0.2) is 4.98 Å². The van der Waals surface area contributed by atoms with Gasteiger partial charge in [0, 0.05) is 37.3 Å². The van der Waals surface area contributed by atoms with Crippen LogP contribution in [0.15, 0.2) is 24.0 Å². The Hall–Kier alpha value is -1.86. The third-order valence-corrected chi connectivity index (χ3v) is 5.20. The number of nitrogens with zero attached hydrogens (tertiary/aromatic N) is 5. The Kier molecular flexibility index (Phi) is 5.52. The van der Waals surface area contributed by atoms with Crippen molar-refractivity contribution in [2.45, 2.75) is 32.9 Å². The molecule has 2 aromatic heterocycles. The highest BCUT2D eigenvalue weighted by molar-refractivity contribution is 7.09. The molecule has 0 saturated carbocycles. The van der Waals surface area contributed by atoms with E-state index in [-0.39, 0.29) is 11.8 Å². The zero-order valence-corrected chi connectivity index (χ0v) is 15.0. The number of hydrogen-bond acceptors (Lipinski definition) is 6. The first-order chi connectivity index (χ1) is 11.6. The van der Waals surface area contributed by atoms with Crippen LogP contribution in [0.3, 0.4) is 0 Å². The van der Waals surface area contributed by atoms with Crippen molar-refractivity contribution in [2.75, 3.05) is 20.1 Å². The van der Waals surface area contributed by atoms with Crippen molar-refractivity contribution in [2.24, 2.45) is 5.92 Å². The molecule has 2 aromatic rings. The molecule has 0 radical (unpaired) electrons. The van der Waals surface area contributed by atoms with Crippen LogP contribution in [0, 0.1) is 12.8 Å². The number of aryl methyl sites for hydroxylation is 1. The van der Waals surface area contributed by atoms with Crippen molar-refractivity contribution in [1.82, 2.24) is 24.8 Å². The lowest BCUT2D eigenvalue weighted by atomic mass is 9.95. The summed E-state index contributed by atoms with van der Waals surface area (Å²) in [4.78, 5) is 29.6. The smallest absolute Gasteiger partial charge is 0.225 e. The molecule has 0 atom stereocenters. The van der Waals surface area contributed by atoms with Crippen LogP contribution in [0.2, 0.25) is 0 Å². The van der Waals surface area contributed by atoms with Gasteiger partial charge in [-0.2, -0.15) is 0 Å². The third kappa shape index (κ3) is 4.36. The minimum absolute atomic E-state index is 0.111. The first-order valence-corrected chi connectivity index (χ1v) is 9.13. The molecule has 0 N–H and O–H groups in total. The molecule has 1 fully saturated rings. The predicted molar refractivity (Wildman–Crippen MR) is 93.4 cm³/mol. The summed E-state index contributed by atoms with van der Waals surface area (Å²) in [7, 11) is 1.85. The highest BCUT2D eigenvalue weighted by atomic mass is 32.1. The van der Waals surface area contributed by atoms with Gasteiger partial charge in [0.2, 0.25) is 5.91 Å². The van der Waals surface area contributed by atoms with E-state index < -0.39 is 0 Å². The lowest BCUT2D eigenvalue weighted by Gasteiger charge is -2.32. The van der Waals surface area contributed by atoms with Crippen LogP contribution >= 0.6 is 11.3 Å². The SMILES string of the molecule is Cc1nc(CN2CCC(C(=O)N(C)Cc3cnccn3)CC2)cs1. The second-order valence-electron chi connectivity index (χ2n) is 6.30. The second-order valence-corrected chi connectivity index (χ2v) is 7.36. The standard InChI is InChI=1S/C17H23N5OS/c1-13-20-16(12-24-13)11-22-7-3-14(4-8-22)17(23)21(2)10-15-9-18-5-6-19-15/h5-6,9,12,14H,3-4,7-8,10-11H2,1-2H3. The summed E-state index contributed by atoms with van der Waals surface area (Å²) in [5.74, 6) is 0.324. The molecule has 1 aliphatic heterocycles. The van der Waals surface area contributed by atoms with E-state index in [1.165, 1.54) is 0 Å². The quantitative estimate of drug-likeness (QED) is 0.830. The average molecular weight is 345 g/mol. The third-order valence-electron chi connectivity index (χ3n) is 4.38. The van der Waals surface area contributed by atoms with Gasteiger partial charge < -0.3 is 4.90 Å². The normalized spacial score (nSPS) is 16.2. The summed E-state index contributed by atoms with van der Waals surface area (Å²) in [6, 6.07) is 0. The molecule has 6 nitrogen and oxygen atoms in total. The summed E-state index contributed by atoms with van der Waals surface area (Å²) < 4.78 is 0. The number of aromatic nitrogens is 3. The molecule has 0 bridgehead atoms. The minimum Gasteiger partial charge on any atom is -0.340 e. The summed E-state index contributed by atoms with van der Waals surface area (Å²) in [6.07, 6.45) is 6.83. The summed E-state index contributed by atoms with van der Waals surface area (Å²) in [5.41, 5.74) is 1.96. The predicted octanol–water partition coefficient (Wildman–Crippen LogP) is 2.11. The van der Waals surface area contributed by atoms with E-state index in [9.17, 15) is 4.79 Å². The molecule has 24 heavy (non-hydrogen) atoms. The molecule has 0 spiro atoms. The maximum Gasteiger partial charge on any atom is 0.225 e. The van der Waals surface area contributed by atoms with Gasteiger partial charge in [-0.05, 0) is 32.9 Å². The fourth-order valence-electron chi connectivity index (χ4n) is 3.09. The number of piperidine rings is 1. The maximum atomic E-state index is 12.6. The van der Waals surface area contributed by atoms with Crippen LogP contribution in [-0.2, 0) is 17.9 Å². The molecule has 0 aliphatic carbocycles. The van der Waals surface area contributed by atoms with Gasteiger partial charge >= 0.3 is 0 Å². The van der Waals surface area contributed by atoms with Gasteiger partial charge in [0.1, 0.15) is 0 Å². The molecule has 3 heterocycles. The highest BCUT2D eigenvalue weighted by Crippen LogP contribution is 2.21. The molecule has 1 saturated heterocycles. The molecule has 3 rings (SSSR count). The number of hydrogen-bond donors (Lipinski definition) is 0. The fraction of sp³-hybridized carbons (Fsp3) is 0.529. The van der Waals surface area contributed by atoms with E-state index in [1.807, 2.05) is 14.0 Å². The van der Waals surface area contributed by atoms with Gasteiger partial charge in [0.05, 0.1) is 29.1 Å². The lowest BCUT2D eigenvalue weighted by molar-refractivity contribution is -0.136. The van der Waals surface area contributed by atoms with Crippen molar-refractivity contribution in [3.8, 4) is 0 Å². The number of likely N-dealkylation sites (tertiary alicyclic amines) is 1. The number of carbonyl (C=O) groups is 1. The molecule has 0 aromatic carbocycles. The molecule has 1 amide bonds. The van der Waals surface area contributed by atoms with Crippen LogP contribution in [0.5, 0.6) is 0 Å². The zero-order chi connectivity index (χ0) is 16.9. The van der Waals surface area contributed by atoms with Gasteiger partial charge in [-0.1, -0.05) is 0 Å². The van der Waals surface area contributed by atoms with Crippen LogP contribution < -0.4 is 0 Å². The molecular weight excluding hydrogens is 322 g/mol. The van der Waals surface area contributed by atoms with Gasteiger partial charge in [-0.3, -0.25) is 19.7 Å². The van der Waals surface area contributed by atoms with Gasteiger partial charge in [0.15, 0.2) is 0 Å². The van der Waals surface area contributed by atoms with Gasteiger partial charge in [0.25, 0.3) is 0 Å². The van der Waals surface area contributed by atoms with E-state index in [0.29, 0.717) is 6.54 Å². The Morgan fingerprint density at radius 3 is 2.75 bits per heavy atom. The number of amides is 1. The van der Waals surface area contributed by atoms with Crippen LogP contribution in [0.4, 0.5) is 0 Å². The van der Waals surface area contributed by atoms with Crippen LogP contribution in [0.25, 0.3) is 0 Å². The maximum absolute atomic E-state index is 12.6. The highest BCUT2D eigenvalue weighted by Gasteiger charge is 2.27. The Bertz CT molecular complexity index is 667. The Balaban J connectivity index is 1.47. The van der Waals surface area contributed by atoms with E-state index >= 15 is 0 Å². The molecular formula is C17H23N5OS. The van der Waals surface area contributed by atoms with Crippen LogP contribution in [0.1, 0.15) is 29.2 Å². The lowest BCUT2D eigenvalue weighted by Crippen LogP contribution is -2.40. The topological polar surface area (TPSA) is 62.2 Å². The minimum atomic E-state index is 0.111. The first-order valence-electron chi connectivity index (χ1n) is 8.25. The van der Waals surface area contributed by atoms with Crippen molar-refractivity contribution >= 4 is 17.2 Å². The summed E-state index contributed by atoms with van der Waals surface area (Å²) in [6.45, 7) is 5.34. The van der Waals surface area contributed by atoms with E-state index in [0.717, 1.165) is 48.9 Å².